The van der Waals surface area contributed by atoms with Crippen LogP contribution < -0.4 is 11.3 Å². The topological polar surface area (TPSA) is 47.3 Å². The van der Waals surface area contributed by atoms with E-state index >= 15 is 0 Å². The number of nitrogens with two attached hydrogens (primary N) is 1. The largest absolute Gasteiger partial charge is 0.378 e. The molecular formula is C13H18BrClN2O. The lowest BCUT2D eigenvalue weighted by Gasteiger charge is -2.19. The van der Waals surface area contributed by atoms with Gasteiger partial charge in [-0.15, -0.1) is 0 Å². The Bertz CT molecular complexity index is 397. The van der Waals surface area contributed by atoms with E-state index < -0.39 is 0 Å². The van der Waals surface area contributed by atoms with Gasteiger partial charge in [0.25, 0.3) is 0 Å². The smallest absolute Gasteiger partial charge is 0.0576 e. The predicted molar refractivity (Wildman–Crippen MR) is 77.4 cm³/mol. The second kappa shape index (κ2) is 6.87. The Morgan fingerprint density at radius 3 is 3.00 bits per heavy atom. The van der Waals surface area contributed by atoms with Crippen molar-refractivity contribution in [2.24, 2.45) is 5.84 Å². The van der Waals surface area contributed by atoms with Gasteiger partial charge in [0.1, 0.15) is 0 Å². The third-order valence-corrected chi connectivity index (χ3v) is 4.26. The molecule has 3 nitrogen and oxygen atoms in total. The van der Waals surface area contributed by atoms with Crippen molar-refractivity contribution in [1.82, 2.24) is 5.43 Å². The van der Waals surface area contributed by atoms with E-state index in [0.29, 0.717) is 6.10 Å². The zero-order valence-corrected chi connectivity index (χ0v) is 12.5. The summed E-state index contributed by atoms with van der Waals surface area (Å²) < 4.78 is 6.62. The number of hydrogen-bond donors (Lipinski definition) is 2. The van der Waals surface area contributed by atoms with Gasteiger partial charge in [0.05, 0.1) is 6.10 Å². The lowest BCUT2D eigenvalue weighted by atomic mass is 10.00. The number of benzene rings is 1. The number of nitrogens with one attached hydrogen (secondary N) is 1. The van der Waals surface area contributed by atoms with E-state index in [-0.39, 0.29) is 6.04 Å². The molecule has 2 rings (SSSR count). The summed E-state index contributed by atoms with van der Waals surface area (Å²) in [6.45, 7) is 0.899. The monoisotopic (exact) mass is 332 g/mol. The van der Waals surface area contributed by atoms with E-state index in [2.05, 4.69) is 21.4 Å². The van der Waals surface area contributed by atoms with E-state index in [0.717, 1.165) is 34.5 Å². The van der Waals surface area contributed by atoms with Crippen LogP contribution in [0.1, 0.15) is 37.3 Å². The van der Waals surface area contributed by atoms with Crippen LogP contribution in [0.4, 0.5) is 0 Å². The van der Waals surface area contributed by atoms with Crippen molar-refractivity contribution < 1.29 is 4.74 Å². The summed E-state index contributed by atoms with van der Waals surface area (Å²) in [6.07, 6.45) is 4.73. The normalized spacial score (nSPS) is 21.2. The number of ether oxygens (including phenoxy) is 1. The van der Waals surface area contributed by atoms with Gasteiger partial charge in [-0.25, -0.2) is 0 Å². The molecule has 5 heteroatoms. The molecule has 1 saturated heterocycles. The second-order valence-corrected chi connectivity index (χ2v) is 5.89. The van der Waals surface area contributed by atoms with Crippen molar-refractivity contribution in [3.63, 3.8) is 0 Å². The molecule has 2 unspecified atom stereocenters. The molecule has 1 aliphatic rings. The van der Waals surface area contributed by atoms with Crippen LogP contribution >= 0.6 is 27.5 Å². The summed E-state index contributed by atoms with van der Waals surface area (Å²) in [5.41, 5.74) is 4.01. The van der Waals surface area contributed by atoms with Crippen LogP contribution in [0, 0.1) is 0 Å². The number of hydrogen-bond acceptors (Lipinski definition) is 3. The quantitative estimate of drug-likeness (QED) is 0.640. The maximum atomic E-state index is 5.94. The lowest BCUT2D eigenvalue weighted by molar-refractivity contribution is 0.0996. The van der Waals surface area contributed by atoms with Crippen molar-refractivity contribution in [2.45, 2.75) is 37.8 Å². The molecule has 100 valence electrons. The average Bonchev–Trinajstić information content (AvgIpc) is 2.85. The van der Waals surface area contributed by atoms with Gasteiger partial charge in [-0.2, -0.15) is 0 Å². The molecular weight excluding hydrogens is 316 g/mol. The minimum Gasteiger partial charge on any atom is -0.378 e. The molecule has 0 saturated carbocycles. The van der Waals surface area contributed by atoms with Crippen LogP contribution in [0.25, 0.3) is 0 Å². The Hall–Kier alpha value is -0.130. The minimum atomic E-state index is 0.126. The van der Waals surface area contributed by atoms with Gasteiger partial charge in [0.2, 0.25) is 0 Å². The highest BCUT2D eigenvalue weighted by molar-refractivity contribution is 9.10. The maximum Gasteiger partial charge on any atom is 0.0576 e. The van der Waals surface area contributed by atoms with Gasteiger partial charge in [0, 0.05) is 22.1 Å². The predicted octanol–water partition coefficient (Wildman–Crippen LogP) is 3.57. The van der Waals surface area contributed by atoms with Gasteiger partial charge in [-0.3, -0.25) is 11.3 Å². The van der Waals surface area contributed by atoms with E-state index in [9.17, 15) is 0 Å². The van der Waals surface area contributed by atoms with Crippen LogP contribution in [0.15, 0.2) is 22.7 Å². The highest BCUT2D eigenvalue weighted by Crippen LogP contribution is 2.30. The summed E-state index contributed by atoms with van der Waals surface area (Å²) >= 11 is 9.47. The molecule has 0 radical (unpaired) electrons. The van der Waals surface area contributed by atoms with Crippen molar-refractivity contribution >= 4 is 27.5 Å². The Balaban J connectivity index is 1.98. The molecule has 0 aromatic heterocycles. The third kappa shape index (κ3) is 3.68. The number of hydrazine groups is 1. The minimum absolute atomic E-state index is 0.126. The summed E-state index contributed by atoms with van der Waals surface area (Å²) in [5.74, 6) is 5.65. The summed E-state index contributed by atoms with van der Waals surface area (Å²) in [5, 5.41) is 0.723. The molecule has 3 N–H and O–H groups in total. The number of halogens is 2. The Morgan fingerprint density at radius 1 is 1.56 bits per heavy atom. The molecule has 0 bridgehead atoms. The van der Waals surface area contributed by atoms with Gasteiger partial charge in [0.15, 0.2) is 0 Å². The molecule has 0 spiro atoms. The zero-order valence-electron chi connectivity index (χ0n) is 10.2. The van der Waals surface area contributed by atoms with Crippen LogP contribution in [0.3, 0.4) is 0 Å². The fourth-order valence-electron chi connectivity index (χ4n) is 2.34. The van der Waals surface area contributed by atoms with E-state index in [1.54, 1.807) is 0 Å². The Labute approximate surface area is 121 Å². The van der Waals surface area contributed by atoms with Crippen molar-refractivity contribution in [1.29, 1.82) is 0 Å². The van der Waals surface area contributed by atoms with E-state index in [1.807, 2.05) is 18.2 Å². The summed E-state index contributed by atoms with van der Waals surface area (Å²) in [7, 11) is 0. The van der Waals surface area contributed by atoms with Gasteiger partial charge >= 0.3 is 0 Å². The SMILES string of the molecule is NNC(CCC1CCCO1)c1ccc(Cl)cc1Br. The van der Waals surface area contributed by atoms with Crippen LogP contribution in [-0.4, -0.2) is 12.7 Å². The second-order valence-electron chi connectivity index (χ2n) is 4.60. The Morgan fingerprint density at radius 2 is 2.39 bits per heavy atom. The van der Waals surface area contributed by atoms with Crippen molar-refractivity contribution in [2.75, 3.05) is 6.61 Å². The molecule has 0 amide bonds. The standard InChI is InChI=1S/C13H18BrClN2O/c14-12-8-9(15)3-5-11(12)13(17-16)6-4-10-2-1-7-18-10/h3,5,8,10,13,17H,1-2,4,6-7,16H2. The highest BCUT2D eigenvalue weighted by atomic mass is 79.9. The first kappa shape index (κ1) is 14.3. The van der Waals surface area contributed by atoms with Gasteiger partial charge in [-0.05, 0) is 43.4 Å². The van der Waals surface area contributed by atoms with Crippen molar-refractivity contribution in [3.8, 4) is 0 Å². The molecule has 1 fully saturated rings. The fraction of sp³-hybridized carbons (Fsp3) is 0.538. The summed E-state index contributed by atoms with van der Waals surface area (Å²) in [4.78, 5) is 0. The first-order chi connectivity index (χ1) is 8.70. The molecule has 1 aliphatic heterocycles. The van der Waals surface area contributed by atoms with Crippen LogP contribution in [-0.2, 0) is 4.74 Å². The summed E-state index contributed by atoms with van der Waals surface area (Å²) in [6, 6.07) is 5.92. The molecule has 1 aromatic carbocycles. The highest BCUT2D eigenvalue weighted by Gasteiger charge is 2.19. The molecule has 2 atom stereocenters. The first-order valence-electron chi connectivity index (χ1n) is 6.23. The van der Waals surface area contributed by atoms with E-state index in [4.69, 9.17) is 22.2 Å². The van der Waals surface area contributed by atoms with Gasteiger partial charge in [-0.1, -0.05) is 33.6 Å². The molecule has 1 heterocycles. The van der Waals surface area contributed by atoms with Gasteiger partial charge < -0.3 is 4.74 Å². The average molecular weight is 334 g/mol. The third-order valence-electron chi connectivity index (χ3n) is 3.34. The number of rotatable bonds is 5. The first-order valence-corrected chi connectivity index (χ1v) is 7.40. The molecule has 18 heavy (non-hydrogen) atoms. The van der Waals surface area contributed by atoms with Crippen LogP contribution in [0.5, 0.6) is 0 Å². The lowest BCUT2D eigenvalue weighted by Crippen LogP contribution is -2.29. The zero-order chi connectivity index (χ0) is 13.0. The van der Waals surface area contributed by atoms with Crippen molar-refractivity contribution in [3.05, 3.63) is 33.3 Å². The van der Waals surface area contributed by atoms with E-state index in [1.165, 1.54) is 12.8 Å². The van der Waals surface area contributed by atoms with Crippen LogP contribution in [0.2, 0.25) is 5.02 Å². The Kier molecular flexibility index (Phi) is 5.45. The maximum absolute atomic E-state index is 5.94. The fourth-order valence-corrected chi connectivity index (χ4v) is 3.30. The molecule has 0 aliphatic carbocycles. The molecule has 1 aromatic rings.